The minimum Gasteiger partial charge on any atom is -0.391 e. The van der Waals surface area contributed by atoms with E-state index in [0.29, 0.717) is 27.9 Å². The van der Waals surface area contributed by atoms with Gasteiger partial charge in [-0.1, -0.05) is 47.8 Å². The van der Waals surface area contributed by atoms with E-state index in [2.05, 4.69) is 30.6 Å². The van der Waals surface area contributed by atoms with Crippen molar-refractivity contribution in [2.75, 3.05) is 6.54 Å². The summed E-state index contributed by atoms with van der Waals surface area (Å²) in [4.78, 5) is 67.0. The van der Waals surface area contributed by atoms with Crippen molar-refractivity contribution < 1.29 is 23.9 Å². The van der Waals surface area contributed by atoms with Crippen molar-refractivity contribution in [3.63, 3.8) is 0 Å². The number of carbonyl (C=O) groups excluding carboxylic acids is 4. The number of hydrogen-bond donors (Lipinski definition) is 5. The lowest BCUT2D eigenvalue weighted by molar-refractivity contribution is -0.160. The fourth-order valence-electron chi connectivity index (χ4n) is 3.85. The zero-order valence-electron chi connectivity index (χ0n) is 22.7. The van der Waals surface area contributed by atoms with Gasteiger partial charge in [-0.25, -0.2) is 9.97 Å². The normalized spacial score (nSPS) is 13.6. The number of rotatable bonds is 12. The summed E-state index contributed by atoms with van der Waals surface area (Å²) in [5.74, 6) is -2.98. The Morgan fingerprint density at radius 2 is 1.46 bits per heavy atom. The molecule has 0 fully saturated rings. The van der Waals surface area contributed by atoms with E-state index in [1.54, 1.807) is 32.9 Å². The molecule has 0 radical (unpaired) electrons. The first-order chi connectivity index (χ1) is 19.6. The Bertz CT molecular complexity index is 1490. The van der Waals surface area contributed by atoms with E-state index in [9.17, 15) is 19.2 Å². The third-order valence-electron chi connectivity index (χ3n) is 5.73. The van der Waals surface area contributed by atoms with Gasteiger partial charge in [0, 0.05) is 19.0 Å². The fourth-order valence-corrected chi connectivity index (χ4v) is 5.79. The van der Waals surface area contributed by atoms with Gasteiger partial charge in [-0.05, 0) is 45.0 Å². The minimum absolute atomic E-state index is 0.232. The summed E-state index contributed by atoms with van der Waals surface area (Å²) in [7, 11) is 0. The Hall–Kier alpha value is -3.88. The number of nitrogens with zero attached hydrogens (tertiary/aromatic N) is 2. The smallest absolute Gasteiger partial charge is 0.329 e. The van der Waals surface area contributed by atoms with Gasteiger partial charge in [0.05, 0.1) is 22.1 Å². The highest BCUT2D eigenvalue weighted by Crippen LogP contribution is 2.29. The molecule has 2 aromatic carbocycles. The number of aromatic amines is 2. The molecule has 0 saturated carbocycles. The van der Waals surface area contributed by atoms with Crippen LogP contribution in [0.3, 0.4) is 0 Å². The van der Waals surface area contributed by atoms with E-state index in [0.717, 1.165) is 34.6 Å². The number of amides is 2. The molecule has 0 aliphatic heterocycles. The molecule has 2 heterocycles. The molecular weight excluding hydrogens is 566 g/mol. The quantitative estimate of drug-likeness (QED) is 0.0923. The average molecular weight is 598 g/mol. The van der Waals surface area contributed by atoms with E-state index in [1.807, 2.05) is 36.4 Å². The third kappa shape index (κ3) is 7.86. The van der Waals surface area contributed by atoms with Gasteiger partial charge in [-0.3, -0.25) is 19.2 Å². The van der Waals surface area contributed by atoms with Gasteiger partial charge in [-0.15, -0.1) is 0 Å². The predicted octanol–water partition coefficient (Wildman–Crippen LogP) is 2.51. The number of fused-ring (bicyclic) bond motifs is 2. The number of esters is 2. The number of para-hydroxylation sites is 4. The highest BCUT2D eigenvalue weighted by atomic mass is 32.2. The van der Waals surface area contributed by atoms with Crippen LogP contribution in [0.1, 0.15) is 27.2 Å². The standard InChI is InChI=1S/C27H31N7O5S2/c1-4-29-20(35)13-19(40-26-31-15-9-5-6-10-16(15)32-26)24(37)39-25(38)22(21(28)23(36)30-14(2)3)41-27-33-17-11-7-8-12-18(17)34-27/h5-12,14,19,21-22H,4,13,28H2,1-3H3,(H,29,35)(H,30,36)(H,31,32)(H,33,34). The first-order valence-electron chi connectivity index (χ1n) is 13.0. The lowest BCUT2D eigenvalue weighted by atomic mass is 10.2. The molecule has 0 aliphatic carbocycles. The Balaban J connectivity index is 1.56. The molecule has 0 aliphatic rings. The lowest BCUT2D eigenvalue weighted by Gasteiger charge is -2.22. The van der Waals surface area contributed by atoms with Crippen LogP contribution in [0.25, 0.3) is 22.1 Å². The number of aromatic nitrogens is 4. The van der Waals surface area contributed by atoms with Crippen LogP contribution in [0.5, 0.6) is 0 Å². The molecule has 0 spiro atoms. The van der Waals surface area contributed by atoms with Gasteiger partial charge in [0.1, 0.15) is 16.5 Å². The van der Waals surface area contributed by atoms with Crippen molar-refractivity contribution in [2.45, 2.75) is 60.1 Å². The van der Waals surface area contributed by atoms with Crippen LogP contribution in [0.15, 0.2) is 58.8 Å². The second kappa shape index (κ2) is 13.7. The van der Waals surface area contributed by atoms with Crippen molar-refractivity contribution in [1.82, 2.24) is 30.6 Å². The monoisotopic (exact) mass is 597 g/mol. The van der Waals surface area contributed by atoms with Crippen LogP contribution in [0.4, 0.5) is 0 Å². The SMILES string of the molecule is CCNC(=O)CC(Sc1nc2ccccc2[nH]1)C(=O)OC(=O)C(Sc1nc2ccccc2[nH]1)C(N)C(=O)NC(C)C. The van der Waals surface area contributed by atoms with Crippen molar-refractivity contribution in [1.29, 1.82) is 0 Å². The highest BCUT2D eigenvalue weighted by molar-refractivity contribution is 8.00. The number of nitrogens with two attached hydrogens (primary N) is 1. The number of carbonyl (C=O) groups is 4. The van der Waals surface area contributed by atoms with Crippen molar-refractivity contribution in [3.05, 3.63) is 48.5 Å². The summed E-state index contributed by atoms with van der Waals surface area (Å²) in [5.41, 5.74) is 9.03. The van der Waals surface area contributed by atoms with Gasteiger partial charge in [-0.2, -0.15) is 0 Å². The van der Waals surface area contributed by atoms with Crippen LogP contribution < -0.4 is 16.4 Å². The van der Waals surface area contributed by atoms with Gasteiger partial charge >= 0.3 is 11.9 Å². The van der Waals surface area contributed by atoms with Gasteiger partial charge in [0.15, 0.2) is 10.3 Å². The van der Waals surface area contributed by atoms with Crippen LogP contribution in [-0.4, -0.2) is 72.8 Å². The summed E-state index contributed by atoms with van der Waals surface area (Å²) >= 11 is 1.86. The first kappa shape index (κ1) is 30.1. The molecule has 0 bridgehead atoms. The summed E-state index contributed by atoms with van der Waals surface area (Å²) in [5, 5.41) is 3.61. The fraction of sp³-hybridized carbons (Fsp3) is 0.333. The molecule has 2 aromatic heterocycles. The summed E-state index contributed by atoms with van der Waals surface area (Å²) in [6.45, 7) is 5.64. The topological polar surface area (TPSA) is 185 Å². The summed E-state index contributed by atoms with van der Waals surface area (Å²) in [6, 6.07) is 13.0. The maximum atomic E-state index is 13.4. The van der Waals surface area contributed by atoms with Crippen LogP contribution in [0, 0.1) is 0 Å². The maximum Gasteiger partial charge on any atom is 0.329 e. The van der Waals surface area contributed by atoms with E-state index in [1.165, 1.54) is 0 Å². The molecule has 2 amide bonds. The van der Waals surface area contributed by atoms with Crippen LogP contribution in [0.2, 0.25) is 0 Å². The first-order valence-corrected chi connectivity index (χ1v) is 14.7. The summed E-state index contributed by atoms with van der Waals surface area (Å²) < 4.78 is 5.28. The number of imidazole rings is 2. The van der Waals surface area contributed by atoms with Crippen LogP contribution in [-0.2, 0) is 23.9 Å². The lowest BCUT2D eigenvalue weighted by Crippen LogP contribution is -2.52. The molecule has 0 saturated heterocycles. The zero-order chi connectivity index (χ0) is 29.5. The summed E-state index contributed by atoms with van der Waals surface area (Å²) in [6.07, 6.45) is -0.261. The molecule has 41 heavy (non-hydrogen) atoms. The van der Waals surface area contributed by atoms with E-state index < -0.39 is 40.3 Å². The van der Waals surface area contributed by atoms with E-state index >= 15 is 0 Å². The zero-order valence-corrected chi connectivity index (χ0v) is 24.3. The van der Waals surface area contributed by atoms with Crippen molar-refractivity contribution >= 4 is 69.3 Å². The molecule has 14 heteroatoms. The van der Waals surface area contributed by atoms with Gasteiger partial charge < -0.3 is 31.1 Å². The number of thioether (sulfide) groups is 2. The third-order valence-corrected chi connectivity index (χ3v) is 7.95. The molecule has 3 atom stereocenters. The van der Waals surface area contributed by atoms with E-state index in [4.69, 9.17) is 10.5 Å². The molecular formula is C27H31N7O5S2. The molecule has 4 rings (SSSR count). The Kier molecular flexibility index (Phi) is 10.0. The van der Waals surface area contributed by atoms with E-state index in [-0.39, 0.29) is 12.5 Å². The number of hydrogen-bond acceptors (Lipinski definition) is 10. The van der Waals surface area contributed by atoms with Gasteiger partial charge in [0.25, 0.3) is 0 Å². The molecule has 3 unspecified atom stereocenters. The highest BCUT2D eigenvalue weighted by Gasteiger charge is 2.37. The molecule has 12 nitrogen and oxygen atoms in total. The number of ether oxygens (including phenoxy) is 1. The number of nitrogens with one attached hydrogen (secondary N) is 4. The van der Waals surface area contributed by atoms with Crippen molar-refractivity contribution in [2.24, 2.45) is 5.73 Å². The second-order valence-electron chi connectivity index (χ2n) is 9.35. The largest absolute Gasteiger partial charge is 0.391 e. The van der Waals surface area contributed by atoms with Crippen molar-refractivity contribution in [3.8, 4) is 0 Å². The Labute approximate surface area is 244 Å². The Morgan fingerprint density at radius 3 is 2.00 bits per heavy atom. The maximum absolute atomic E-state index is 13.4. The predicted molar refractivity (Wildman–Crippen MR) is 157 cm³/mol. The average Bonchev–Trinajstić information content (AvgIpc) is 3.53. The second-order valence-corrected chi connectivity index (χ2v) is 11.7. The molecule has 216 valence electrons. The molecule has 4 aromatic rings. The number of benzene rings is 2. The van der Waals surface area contributed by atoms with Crippen LogP contribution >= 0.6 is 23.5 Å². The minimum atomic E-state index is -1.36. The Morgan fingerprint density at radius 1 is 0.902 bits per heavy atom. The van der Waals surface area contributed by atoms with Gasteiger partial charge in [0.2, 0.25) is 11.8 Å². The molecule has 6 N–H and O–H groups in total. The number of H-pyrrole nitrogens is 2.